The number of rotatable bonds is 6. The minimum absolute atomic E-state index is 0.0256. The first kappa shape index (κ1) is 19.2. The lowest BCUT2D eigenvalue weighted by atomic mass is 9.80. The maximum absolute atomic E-state index is 13.0. The molecule has 0 spiro atoms. The van der Waals surface area contributed by atoms with Crippen molar-refractivity contribution in [2.45, 2.75) is 52.4 Å². The number of fused-ring (bicyclic) bond motifs is 1. The Balaban J connectivity index is 2.01. The molecule has 5 nitrogen and oxygen atoms in total. The van der Waals surface area contributed by atoms with Crippen LogP contribution in [0.25, 0.3) is 10.9 Å². The molecule has 27 heavy (non-hydrogen) atoms. The second-order valence-electron chi connectivity index (χ2n) is 7.13. The molecule has 1 aromatic heterocycles. The molecule has 1 unspecified atom stereocenters. The van der Waals surface area contributed by atoms with Crippen LogP contribution in [0.2, 0.25) is 0 Å². The molecule has 1 N–H and O–H groups in total. The van der Waals surface area contributed by atoms with Crippen molar-refractivity contribution >= 4 is 22.4 Å². The number of Topliss-reactive ketones (excluding diaryl/α,β-unsaturated/α-hetero) is 1. The van der Waals surface area contributed by atoms with E-state index in [1.165, 1.54) is 0 Å². The molecular formula is C22H28N2O3. The standard InChI is InChI=1S/C22H28N2O3/c1-5-9-17(23-27-6-2)22-19(25)12-15(13-20(22)26)21-14(3)24(4)18-11-8-7-10-16(18)21/h7-8,10-11,15,25H,5-6,9,12-13H2,1-4H3. The lowest BCUT2D eigenvalue weighted by Gasteiger charge is -2.24. The van der Waals surface area contributed by atoms with E-state index in [9.17, 15) is 9.90 Å². The van der Waals surface area contributed by atoms with Crippen molar-refractivity contribution in [3.05, 3.63) is 46.9 Å². The monoisotopic (exact) mass is 368 g/mol. The van der Waals surface area contributed by atoms with E-state index in [-0.39, 0.29) is 17.5 Å². The zero-order valence-corrected chi connectivity index (χ0v) is 16.6. The maximum Gasteiger partial charge on any atom is 0.168 e. The van der Waals surface area contributed by atoms with E-state index in [1.54, 1.807) is 0 Å². The van der Waals surface area contributed by atoms with Crippen molar-refractivity contribution in [2.75, 3.05) is 6.61 Å². The molecule has 0 fully saturated rings. The third-order valence-electron chi connectivity index (χ3n) is 5.37. The molecule has 0 saturated heterocycles. The van der Waals surface area contributed by atoms with Gasteiger partial charge in [0.2, 0.25) is 0 Å². The smallest absolute Gasteiger partial charge is 0.168 e. The van der Waals surface area contributed by atoms with Crippen LogP contribution in [0, 0.1) is 6.92 Å². The number of carbonyl (C=O) groups excluding carboxylic acids is 1. The largest absolute Gasteiger partial charge is 0.511 e. The number of aliphatic hydroxyl groups is 1. The summed E-state index contributed by atoms with van der Waals surface area (Å²) in [5.74, 6) is 0.0563. The molecular weight excluding hydrogens is 340 g/mol. The molecule has 3 rings (SSSR count). The normalized spacial score (nSPS) is 18.4. The molecule has 1 heterocycles. The minimum Gasteiger partial charge on any atom is -0.511 e. The van der Waals surface area contributed by atoms with Gasteiger partial charge in [0.15, 0.2) is 5.78 Å². The van der Waals surface area contributed by atoms with Gasteiger partial charge < -0.3 is 14.5 Å². The van der Waals surface area contributed by atoms with Crippen LogP contribution in [-0.2, 0) is 16.7 Å². The summed E-state index contributed by atoms with van der Waals surface area (Å²) in [6, 6.07) is 8.22. The fourth-order valence-electron chi connectivity index (χ4n) is 4.09. The Hall–Kier alpha value is -2.56. The van der Waals surface area contributed by atoms with E-state index in [4.69, 9.17) is 4.84 Å². The Morgan fingerprint density at radius 1 is 1.30 bits per heavy atom. The van der Waals surface area contributed by atoms with E-state index >= 15 is 0 Å². The summed E-state index contributed by atoms with van der Waals surface area (Å²) in [5.41, 5.74) is 4.37. The summed E-state index contributed by atoms with van der Waals surface area (Å²) in [6.07, 6.45) is 2.28. The highest BCUT2D eigenvalue weighted by Gasteiger charge is 2.33. The molecule has 144 valence electrons. The van der Waals surface area contributed by atoms with Crippen molar-refractivity contribution in [3.8, 4) is 0 Å². The third kappa shape index (κ3) is 3.51. The first-order valence-electron chi connectivity index (χ1n) is 9.67. The van der Waals surface area contributed by atoms with Crippen LogP contribution in [-0.4, -0.2) is 27.8 Å². The highest BCUT2D eigenvalue weighted by Crippen LogP contribution is 2.40. The number of nitrogens with zero attached hydrogens (tertiary/aromatic N) is 2. The van der Waals surface area contributed by atoms with Crippen LogP contribution in [0.4, 0.5) is 0 Å². The average molecular weight is 368 g/mol. The third-order valence-corrected chi connectivity index (χ3v) is 5.37. The second kappa shape index (κ2) is 7.99. The van der Waals surface area contributed by atoms with Gasteiger partial charge in [-0.3, -0.25) is 4.79 Å². The number of allylic oxidation sites excluding steroid dienone is 2. The van der Waals surface area contributed by atoms with Gasteiger partial charge in [-0.25, -0.2) is 0 Å². The van der Waals surface area contributed by atoms with E-state index in [0.29, 0.717) is 37.2 Å². The number of oxime groups is 1. The molecule has 5 heteroatoms. The molecule has 0 bridgehead atoms. The van der Waals surface area contributed by atoms with Crippen LogP contribution in [0.15, 0.2) is 40.8 Å². The van der Waals surface area contributed by atoms with Crippen LogP contribution in [0.5, 0.6) is 0 Å². The zero-order chi connectivity index (χ0) is 19.6. The number of aryl methyl sites for hydroxylation is 1. The summed E-state index contributed by atoms with van der Waals surface area (Å²) in [7, 11) is 2.04. The van der Waals surface area contributed by atoms with Crippen LogP contribution >= 0.6 is 0 Å². The Labute approximate surface area is 160 Å². The SMILES string of the molecule is CCCC(=NOCC)C1=C(O)CC(c2c(C)n(C)c3ccccc23)CC1=O. The molecule has 0 amide bonds. The van der Waals surface area contributed by atoms with E-state index in [2.05, 4.69) is 28.8 Å². The number of ketones is 1. The lowest BCUT2D eigenvalue weighted by Crippen LogP contribution is -2.24. The lowest BCUT2D eigenvalue weighted by molar-refractivity contribution is -0.116. The summed E-state index contributed by atoms with van der Waals surface area (Å²) < 4.78 is 2.16. The summed E-state index contributed by atoms with van der Waals surface area (Å²) in [5, 5.41) is 16.0. The number of aliphatic hydroxyl groups excluding tert-OH is 1. The van der Waals surface area contributed by atoms with Gasteiger partial charge in [0, 0.05) is 42.4 Å². The number of benzene rings is 1. The fourth-order valence-corrected chi connectivity index (χ4v) is 4.09. The van der Waals surface area contributed by atoms with Gasteiger partial charge in [-0.1, -0.05) is 36.7 Å². The van der Waals surface area contributed by atoms with E-state index < -0.39 is 0 Å². The average Bonchev–Trinajstić information content (AvgIpc) is 2.90. The van der Waals surface area contributed by atoms with Crippen LogP contribution < -0.4 is 0 Å². The quantitative estimate of drug-likeness (QED) is 0.580. The highest BCUT2D eigenvalue weighted by molar-refractivity contribution is 6.23. The molecule has 1 atom stereocenters. The summed E-state index contributed by atoms with van der Waals surface area (Å²) >= 11 is 0. The Morgan fingerprint density at radius 2 is 2.04 bits per heavy atom. The summed E-state index contributed by atoms with van der Waals surface area (Å²) in [4.78, 5) is 18.1. The zero-order valence-electron chi connectivity index (χ0n) is 16.6. The van der Waals surface area contributed by atoms with Gasteiger partial charge in [0.1, 0.15) is 12.4 Å². The molecule has 0 saturated carbocycles. The molecule has 2 aromatic rings. The topological polar surface area (TPSA) is 63.8 Å². The van der Waals surface area contributed by atoms with Crippen LogP contribution in [0.3, 0.4) is 0 Å². The number of hydrogen-bond donors (Lipinski definition) is 1. The molecule has 1 aliphatic carbocycles. The Kier molecular flexibility index (Phi) is 5.68. The number of para-hydroxylation sites is 1. The van der Waals surface area contributed by atoms with Gasteiger partial charge >= 0.3 is 0 Å². The predicted octanol–water partition coefficient (Wildman–Crippen LogP) is 4.94. The maximum atomic E-state index is 13.0. The molecule has 0 radical (unpaired) electrons. The first-order chi connectivity index (χ1) is 13.0. The van der Waals surface area contributed by atoms with Gasteiger partial charge in [0.25, 0.3) is 0 Å². The molecule has 0 aliphatic heterocycles. The summed E-state index contributed by atoms with van der Waals surface area (Å²) in [6.45, 7) is 6.39. The van der Waals surface area contributed by atoms with Gasteiger partial charge in [-0.05, 0) is 31.9 Å². The van der Waals surface area contributed by atoms with Crippen molar-refractivity contribution in [2.24, 2.45) is 12.2 Å². The van der Waals surface area contributed by atoms with E-state index in [0.717, 1.165) is 28.6 Å². The number of aromatic nitrogens is 1. The molecule has 1 aromatic carbocycles. The van der Waals surface area contributed by atoms with Crippen molar-refractivity contribution in [3.63, 3.8) is 0 Å². The van der Waals surface area contributed by atoms with Gasteiger partial charge in [-0.15, -0.1) is 0 Å². The fraction of sp³-hybridized carbons (Fsp3) is 0.455. The Bertz CT molecular complexity index is 921. The van der Waals surface area contributed by atoms with Crippen LogP contribution in [0.1, 0.15) is 56.7 Å². The predicted molar refractivity (Wildman–Crippen MR) is 108 cm³/mol. The first-order valence-corrected chi connectivity index (χ1v) is 9.67. The highest BCUT2D eigenvalue weighted by atomic mass is 16.6. The van der Waals surface area contributed by atoms with Gasteiger partial charge in [0.05, 0.1) is 11.3 Å². The van der Waals surface area contributed by atoms with Crippen molar-refractivity contribution in [1.29, 1.82) is 0 Å². The van der Waals surface area contributed by atoms with Crippen molar-refractivity contribution < 1.29 is 14.7 Å². The van der Waals surface area contributed by atoms with Crippen molar-refractivity contribution in [1.82, 2.24) is 4.57 Å². The second-order valence-corrected chi connectivity index (χ2v) is 7.13. The number of carbonyl (C=O) groups is 1. The number of hydrogen-bond acceptors (Lipinski definition) is 4. The molecule has 1 aliphatic rings. The van der Waals surface area contributed by atoms with Gasteiger partial charge in [-0.2, -0.15) is 0 Å². The Morgan fingerprint density at radius 3 is 2.70 bits per heavy atom. The van der Waals surface area contributed by atoms with E-state index in [1.807, 2.05) is 33.0 Å². The minimum atomic E-state index is -0.0528.